The van der Waals surface area contributed by atoms with E-state index in [0.717, 1.165) is 5.56 Å². The Morgan fingerprint density at radius 3 is 1.75 bits per heavy atom. The molecule has 2 amide bonds. The summed E-state index contributed by atoms with van der Waals surface area (Å²) in [7, 11) is 1.58. The molecule has 0 radical (unpaired) electrons. The van der Waals surface area contributed by atoms with Crippen LogP contribution < -0.4 is 16.0 Å². The molecule has 0 saturated heterocycles. The number of carboxylic acid groups (broad SMARTS) is 3. The molecule has 0 fully saturated rings. The van der Waals surface area contributed by atoms with Crippen LogP contribution >= 0.6 is 0 Å². The van der Waals surface area contributed by atoms with Gasteiger partial charge in [-0.1, -0.05) is 30.3 Å². The quantitative estimate of drug-likeness (QED) is 0.214. The van der Waals surface area contributed by atoms with E-state index in [1.54, 1.807) is 7.05 Å². The number of hydrogen-bond acceptors (Lipinski definition) is 6. The number of amides is 2. The lowest BCUT2D eigenvalue weighted by molar-refractivity contribution is -0.144. The molecule has 0 bridgehead atoms. The van der Waals surface area contributed by atoms with E-state index in [0.29, 0.717) is 12.8 Å². The van der Waals surface area contributed by atoms with Crippen molar-refractivity contribution in [1.82, 2.24) is 16.0 Å². The number of benzene rings is 1. The molecule has 0 heterocycles. The number of likely N-dealkylation sites (N-methyl/N-ethyl adjacent to an activating group) is 1. The van der Waals surface area contributed by atoms with Gasteiger partial charge in [0, 0.05) is 12.8 Å². The van der Waals surface area contributed by atoms with Crippen LogP contribution in [0, 0.1) is 0 Å². The lowest BCUT2D eigenvalue weighted by atomic mass is 10.0. The normalized spacial score (nSPS) is 13.4. The van der Waals surface area contributed by atoms with Crippen LogP contribution in [0.25, 0.3) is 0 Å². The molecule has 0 aromatic heterocycles. The standard InChI is InChI=1S/C21H29N3O8/c1-22-14(8-7-13-5-3-2-4-6-13)19(29)23-15(9-11-17(25)26)20(30)24-16(21(31)32)10-12-18(27)28/h2-6,14-16,22H,7-12H2,1H3,(H,23,29)(H,24,30)(H,25,26)(H,27,28)(H,31,32)/t14-,15-,16-/m0/s1. The fraction of sp³-hybridized carbons (Fsp3) is 0.476. The second-order valence-corrected chi connectivity index (χ2v) is 7.19. The van der Waals surface area contributed by atoms with Crippen molar-refractivity contribution >= 4 is 29.7 Å². The number of hydrogen-bond donors (Lipinski definition) is 6. The number of carbonyl (C=O) groups excluding carboxylic acids is 2. The van der Waals surface area contributed by atoms with E-state index < -0.39 is 60.7 Å². The average molecular weight is 451 g/mol. The molecule has 0 aliphatic rings. The highest BCUT2D eigenvalue weighted by Crippen LogP contribution is 2.07. The fourth-order valence-electron chi connectivity index (χ4n) is 2.97. The zero-order chi connectivity index (χ0) is 24.1. The SMILES string of the molecule is CN[C@@H](CCc1ccccc1)C(=O)N[C@@H](CCC(=O)O)C(=O)N[C@@H](CCC(=O)O)C(=O)O. The minimum Gasteiger partial charge on any atom is -0.481 e. The van der Waals surface area contributed by atoms with Crippen molar-refractivity contribution < 1.29 is 39.3 Å². The molecule has 1 aromatic carbocycles. The molecular formula is C21H29N3O8. The maximum absolute atomic E-state index is 12.7. The summed E-state index contributed by atoms with van der Waals surface area (Å²) in [6.07, 6.45) is -0.526. The topological polar surface area (TPSA) is 182 Å². The Morgan fingerprint density at radius 1 is 0.750 bits per heavy atom. The number of aryl methyl sites for hydroxylation is 1. The molecule has 1 rings (SSSR count). The van der Waals surface area contributed by atoms with Crippen molar-refractivity contribution in [3.8, 4) is 0 Å². The molecule has 0 spiro atoms. The molecule has 0 aliphatic carbocycles. The number of aliphatic carboxylic acids is 3. The molecule has 176 valence electrons. The van der Waals surface area contributed by atoms with Crippen LogP contribution in [0.3, 0.4) is 0 Å². The van der Waals surface area contributed by atoms with Gasteiger partial charge in [0.25, 0.3) is 0 Å². The predicted octanol–water partition coefficient (Wildman–Crippen LogP) is -0.00900. The first kappa shape index (κ1) is 26.6. The van der Waals surface area contributed by atoms with E-state index in [1.807, 2.05) is 30.3 Å². The minimum atomic E-state index is -1.49. The third kappa shape index (κ3) is 10.0. The van der Waals surface area contributed by atoms with Crippen LogP contribution in [-0.2, 0) is 30.4 Å². The summed E-state index contributed by atoms with van der Waals surface area (Å²) in [4.78, 5) is 58.3. The average Bonchev–Trinajstić information content (AvgIpc) is 2.74. The van der Waals surface area contributed by atoms with Crippen molar-refractivity contribution in [3.63, 3.8) is 0 Å². The van der Waals surface area contributed by atoms with Crippen molar-refractivity contribution in [1.29, 1.82) is 0 Å². The first-order valence-electron chi connectivity index (χ1n) is 10.1. The summed E-state index contributed by atoms with van der Waals surface area (Å²) in [5.41, 5.74) is 1.02. The van der Waals surface area contributed by atoms with E-state index in [9.17, 15) is 29.1 Å². The molecule has 1 aromatic rings. The molecule has 11 heteroatoms. The summed E-state index contributed by atoms with van der Waals surface area (Å²) >= 11 is 0. The van der Waals surface area contributed by atoms with E-state index in [-0.39, 0.29) is 12.8 Å². The van der Waals surface area contributed by atoms with Crippen molar-refractivity contribution in [2.45, 2.75) is 56.7 Å². The maximum Gasteiger partial charge on any atom is 0.326 e. The van der Waals surface area contributed by atoms with E-state index in [4.69, 9.17) is 10.2 Å². The molecule has 6 N–H and O–H groups in total. The van der Waals surface area contributed by atoms with Gasteiger partial charge in [0.15, 0.2) is 0 Å². The van der Waals surface area contributed by atoms with E-state index in [1.165, 1.54) is 0 Å². The fourth-order valence-corrected chi connectivity index (χ4v) is 2.97. The highest BCUT2D eigenvalue weighted by atomic mass is 16.4. The Bertz CT molecular complexity index is 799. The van der Waals surface area contributed by atoms with Crippen molar-refractivity contribution in [2.24, 2.45) is 0 Å². The zero-order valence-corrected chi connectivity index (χ0v) is 17.7. The molecule has 11 nitrogen and oxygen atoms in total. The van der Waals surface area contributed by atoms with Crippen LogP contribution in [-0.4, -0.2) is 70.2 Å². The second-order valence-electron chi connectivity index (χ2n) is 7.19. The molecule has 0 aliphatic heterocycles. The number of carboxylic acids is 3. The molecule has 0 saturated carbocycles. The third-order valence-electron chi connectivity index (χ3n) is 4.77. The highest BCUT2D eigenvalue weighted by Gasteiger charge is 2.29. The van der Waals surface area contributed by atoms with Gasteiger partial charge in [-0.15, -0.1) is 0 Å². The lowest BCUT2D eigenvalue weighted by Crippen LogP contribution is -2.55. The van der Waals surface area contributed by atoms with Gasteiger partial charge < -0.3 is 31.3 Å². The Morgan fingerprint density at radius 2 is 1.25 bits per heavy atom. The second kappa shape index (κ2) is 13.8. The third-order valence-corrected chi connectivity index (χ3v) is 4.77. The Hall–Kier alpha value is -3.47. The van der Waals surface area contributed by atoms with Gasteiger partial charge in [0.1, 0.15) is 12.1 Å². The van der Waals surface area contributed by atoms with E-state index in [2.05, 4.69) is 16.0 Å². The number of carbonyl (C=O) groups is 5. The highest BCUT2D eigenvalue weighted by molar-refractivity contribution is 5.92. The Balaban J connectivity index is 2.82. The van der Waals surface area contributed by atoms with Crippen LogP contribution in [0.5, 0.6) is 0 Å². The van der Waals surface area contributed by atoms with Crippen molar-refractivity contribution in [2.75, 3.05) is 7.05 Å². The lowest BCUT2D eigenvalue weighted by Gasteiger charge is -2.23. The molecule has 0 unspecified atom stereocenters. The Labute approximate surface area is 185 Å². The van der Waals surface area contributed by atoms with Gasteiger partial charge in [-0.25, -0.2) is 4.79 Å². The minimum absolute atomic E-state index is 0.257. The van der Waals surface area contributed by atoms with Crippen molar-refractivity contribution in [3.05, 3.63) is 35.9 Å². The molecule has 3 atom stereocenters. The summed E-state index contributed by atoms with van der Waals surface area (Å²) in [5, 5.41) is 34.4. The monoisotopic (exact) mass is 451 g/mol. The van der Waals surface area contributed by atoms with Crippen LogP contribution in [0.4, 0.5) is 0 Å². The van der Waals surface area contributed by atoms with Gasteiger partial charge in [-0.05, 0) is 38.3 Å². The summed E-state index contributed by atoms with van der Waals surface area (Å²) in [6.45, 7) is 0. The first-order valence-corrected chi connectivity index (χ1v) is 10.1. The van der Waals surface area contributed by atoms with Gasteiger partial charge in [0.2, 0.25) is 11.8 Å². The predicted molar refractivity (Wildman–Crippen MR) is 113 cm³/mol. The summed E-state index contributed by atoms with van der Waals surface area (Å²) < 4.78 is 0. The van der Waals surface area contributed by atoms with E-state index >= 15 is 0 Å². The summed E-state index contributed by atoms with van der Waals surface area (Å²) in [6, 6.07) is 6.00. The number of nitrogens with one attached hydrogen (secondary N) is 3. The van der Waals surface area contributed by atoms with Crippen LogP contribution in [0.15, 0.2) is 30.3 Å². The zero-order valence-electron chi connectivity index (χ0n) is 17.7. The van der Waals surface area contributed by atoms with Gasteiger partial charge in [0.05, 0.1) is 6.04 Å². The van der Waals surface area contributed by atoms with Gasteiger partial charge in [-0.3, -0.25) is 19.2 Å². The smallest absolute Gasteiger partial charge is 0.326 e. The van der Waals surface area contributed by atoms with Gasteiger partial charge >= 0.3 is 17.9 Å². The maximum atomic E-state index is 12.7. The summed E-state index contributed by atoms with van der Waals surface area (Å²) in [5.74, 6) is -5.27. The largest absolute Gasteiger partial charge is 0.481 e. The van der Waals surface area contributed by atoms with Gasteiger partial charge in [-0.2, -0.15) is 0 Å². The molecule has 32 heavy (non-hydrogen) atoms. The van der Waals surface area contributed by atoms with Crippen LogP contribution in [0.2, 0.25) is 0 Å². The number of rotatable bonds is 15. The first-order chi connectivity index (χ1) is 15.1. The Kier molecular flexibility index (Phi) is 11.4. The molecular weight excluding hydrogens is 422 g/mol. The van der Waals surface area contributed by atoms with Crippen LogP contribution in [0.1, 0.15) is 37.7 Å².